The highest BCUT2D eigenvalue weighted by atomic mass is 32.2. The molecule has 5 nitrogen and oxygen atoms in total. The van der Waals surface area contributed by atoms with Gasteiger partial charge in [0.2, 0.25) is 10.0 Å². The lowest BCUT2D eigenvalue weighted by atomic mass is 10.2. The quantitative estimate of drug-likeness (QED) is 0.770. The number of sulfonamides is 1. The van der Waals surface area contributed by atoms with Gasteiger partial charge in [-0.15, -0.1) is 0 Å². The summed E-state index contributed by atoms with van der Waals surface area (Å²) in [5.74, 6) is 1.98. The summed E-state index contributed by atoms with van der Waals surface area (Å²) in [4.78, 5) is 0.231. The van der Waals surface area contributed by atoms with Crippen molar-refractivity contribution in [1.29, 1.82) is 0 Å². The highest BCUT2D eigenvalue weighted by Crippen LogP contribution is 2.21. The number of nitrogens with zero attached hydrogens (tertiary/aromatic N) is 2. The maximum Gasteiger partial charge on any atom is 0.241 e. The Morgan fingerprint density at radius 1 is 1.28 bits per heavy atom. The second-order valence-corrected chi connectivity index (χ2v) is 6.79. The van der Waals surface area contributed by atoms with Gasteiger partial charge in [-0.1, -0.05) is 20.8 Å². The Kier molecular flexibility index (Phi) is 5.68. The third-order valence-electron chi connectivity index (χ3n) is 2.68. The fraction of sp³-hybridized carbons (Fsp3) is 0.727. The minimum absolute atomic E-state index is 0.231. The zero-order valence-electron chi connectivity index (χ0n) is 11.1. The monoisotopic (exact) mass is 291 g/mol. The first-order valence-electron chi connectivity index (χ1n) is 6.14. The molecule has 0 aliphatic carbocycles. The minimum Gasteiger partial charge on any atom is -0.267 e. The second-order valence-electron chi connectivity index (χ2n) is 3.89. The molecule has 0 radical (unpaired) electrons. The van der Waals surface area contributed by atoms with Gasteiger partial charge in [0.05, 0.1) is 17.9 Å². The normalized spacial score (nSPS) is 12.0. The molecule has 1 heterocycles. The molecule has 0 spiro atoms. The number of thioether (sulfide) groups is 1. The summed E-state index contributed by atoms with van der Waals surface area (Å²) in [6.07, 6.45) is 1.20. The number of aryl methyl sites for hydroxylation is 2. The zero-order chi connectivity index (χ0) is 13.8. The summed E-state index contributed by atoms with van der Waals surface area (Å²) >= 11 is 1.81. The molecule has 104 valence electrons. The van der Waals surface area contributed by atoms with Crippen LogP contribution in [0.25, 0.3) is 0 Å². The molecule has 0 atom stereocenters. The van der Waals surface area contributed by atoms with E-state index in [-0.39, 0.29) is 4.90 Å². The molecule has 0 aromatic carbocycles. The standard InChI is InChI=1S/C11H21N3O2S2/c1-4-9-11(18(12,15)16)10(5-2)14(13-9)7-8-17-6-3/h4-8H2,1-3H3,(H2,12,15,16). The lowest BCUT2D eigenvalue weighted by Gasteiger charge is -2.06. The largest absolute Gasteiger partial charge is 0.267 e. The SMILES string of the molecule is CCSCCn1nc(CC)c(S(N)(=O)=O)c1CC. The molecule has 0 aliphatic heterocycles. The molecule has 0 aliphatic rings. The number of rotatable bonds is 7. The van der Waals surface area contributed by atoms with E-state index in [9.17, 15) is 8.42 Å². The van der Waals surface area contributed by atoms with E-state index in [2.05, 4.69) is 12.0 Å². The Labute approximate surface area is 113 Å². The molecule has 1 aromatic rings. The average molecular weight is 291 g/mol. The van der Waals surface area contributed by atoms with Crippen LogP contribution in [0.1, 0.15) is 32.2 Å². The summed E-state index contributed by atoms with van der Waals surface area (Å²) in [5, 5.41) is 9.67. The molecule has 2 N–H and O–H groups in total. The summed E-state index contributed by atoms with van der Waals surface area (Å²) in [7, 11) is -3.69. The Morgan fingerprint density at radius 3 is 2.39 bits per heavy atom. The molecule has 0 bridgehead atoms. The summed E-state index contributed by atoms with van der Waals surface area (Å²) < 4.78 is 25.1. The number of primary sulfonamides is 1. The van der Waals surface area contributed by atoms with Crippen LogP contribution < -0.4 is 5.14 Å². The molecule has 1 aromatic heterocycles. The first-order chi connectivity index (χ1) is 8.45. The first kappa shape index (κ1) is 15.5. The smallest absolute Gasteiger partial charge is 0.241 e. The van der Waals surface area contributed by atoms with Crippen LogP contribution in [0.3, 0.4) is 0 Å². The van der Waals surface area contributed by atoms with Crippen LogP contribution in [0, 0.1) is 0 Å². The van der Waals surface area contributed by atoms with Crippen molar-refractivity contribution in [2.45, 2.75) is 45.1 Å². The van der Waals surface area contributed by atoms with Gasteiger partial charge in [0.15, 0.2) is 0 Å². The third kappa shape index (κ3) is 3.49. The predicted molar refractivity (Wildman–Crippen MR) is 75.4 cm³/mol. The summed E-state index contributed by atoms with van der Waals surface area (Å²) in [6, 6.07) is 0. The molecule has 0 unspecified atom stereocenters. The highest BCUT2D eigenvalue weighted by molar-refractivity contribution is 7.99. The predicted octanol–water partition coefficient (Wildman–Crippen LogP) is 1.41. The number of hydrogen-bond acceptors (Lipinski definition) is 4. The maximum absolute atomic E-state index is 11.7. The Bertz CT molecular complexity index is 495. The van der Waals surface area contributed by atoms with Crippen LogP contribution in [-0.2, 0) is 29.4 Å². The van der Waals surface area contributed by atoms with Crippen LogP contribution >= 0.6 is 11.8 Å². The first-order valence-corrected chi connectivity index (χ1v) is 8.84. The number of aromatic nitrogens is 2. The molecule has 18 heavy (non-hydrogen) atoms. The van der Waals surface area contributed by atoms with Gasteiger partial charge < -0.3 is 0 Å². The number of nitrogens with two attached hydrogens (primary N) is 1. The van der Waals surface area contributed by atoms with Gasteiger partial charge in [0, 0.05) is 5.75 Å². The van der Waals surface area contributed by atoms with E-state index >= 15 is 0 Å². The van der Waals surface area contributed by atoms with E-state index in [0.717, 1.165) is 23.7 Å². The molecule has 0 fully saturated rings. The molecule has 0 saturated carbocycles. The van der Waals surface area contributed by atoms with Crippen molar-refractivity contribution in [3.8, 4) is 0 Å². The van der Waals surface area contributed by atoms with Gasteiger partial charge in [-0.05, 0) is 18.6 Å². The van der Waals surface area contributed by atoms with Crippen molar-refractivity contribution in [3.05, 3.63) is 11.4 Å². The molecule has 0 amide bonds. The van der Waals surface area contributed by atoms with Gasteiger partial charge in [-0.3, -0.25) is 4.68 Å². The van der Waals surface area contributed by atoms with Crippen LogP contribution in [0.15, 0.2) is 4.90 Å². The number of hydrogen-bond donors (Lipinski definition) is 1. The van der Waals surface area contributed by atoms with Crippen molar-refractivity contribution in [2.75, 3.05) is 11.5 Å². The van der Waals surface area contributed by atoms with Crippen molar-refractivity contribution < 1.29 is 8.42 Å². The van der Waals surface area contributed by atoms with Crippen molar-refractivity contribution in [1.82, 2.24) is 9.78 Å². The van der Waals surface area contributed by atoms with Crippen LogP contribution in [0.4, 0.5) is 0 Å². The molecule has 0 saturated heterocycles. The molecule has 1 rings (SSSR count). The van der Waals surface area contributed by atoms with Crippen LogP contribution in [0.5, 0.6) is 0 Å². The Morgan fingerprint density at radius 2 is 1.94 bits per heavy atom. The molecular weight excluding hydrogens is 270 g/mol. The van der Waals surface area contributed by atoms with E-state index in [1.807, 2.05) is 25.6 Å². The lowest BCUT2D eigenvalue weighted by Crippen LogP contribution is -2.16. The van der Waals surface area contributed by atoms with Crippen molar-refractivity contribution in [2.24, 2.45) is 5.14 Å². The summed E-state index contributed by atoms with van der Waals surface area (Å²) in [6.45, 7) is 6.64. The maximum atomic E-state index is 11.7. The van der Waals surface area contributed by atoms with Crippen molar-refractivity contribution >= 4 is 21.8 Å². The van der Waals surface area contributed by atoms with Crippen molar-refractivity contribution in [3.63, 3.8) is 0 Å². The van der Waals surface area contributed by atoms with Gasteiger partial charge in [0.25, 0.3) is 0 Å². The fourth-order valence-corrected chi connectivity index (χ4v) is 3.60. The Balaban J connectivity index is 3.17. The van der Waals surface area contributed by atoms with Gasteiger partial charge >= 0.3 is 0 Å². The van der Waals surface area contributed by atoms with Gasteiger partial charge in [0.1, 0.15) is 4.90 Å². The van der Waals surface area contributed by atoms with Crippen LogP contribution in [-0.4, -0.2) is 29.7 Å². The van der Waals surface area contributed by atoms with Gasteiger partial charge in [-0.2, -0.15) is 16.9 Å². The average Bonchev–Trinajstić information content (AvgIpc) is 2.67. The third-order valence-corrected chi connectivity index (χ3v) is 4.60. The van der Waals surface area contributed by atoms with E-state index in [0.29, 0.717) is 18.5 Å². The molecule has 7 heteroatoms. The second kappa shape index (κ2) is 6.58. The molecular formula is C11H21N3O2S2. The Hall–Kier alpha value is -0.530. The highest BCUT2D eigenvalue weighted by Gasteiger charge is 2.23. The van der Waals surface area contributed by atoms with E-state index in [1.54, 1.807) is 4.68 Å². The van der Waals surface area contributed by atoms with E-state index in [4.69, 9.17) is 5.14 Å². The van der Waals surface area contributed by atoms with Gasteiger partial charge in [-0.25, -0.2) is 13.6 Å². The van der Waals surface area contributed by atoms with E-state index < -0.39 is 10.0 Å². The summed E-state index contributed by atoms with van der Waals surface area (Å²) in [5.41, 5.74) is 1.31. The van der Waals surface area contributed by atoms with E-state index in [1.165, 1.54) is 0 Å². The fourth-order valence-electron chi connectivity index (χ4n) is 1.92. The minimum atomic E-state index is -3.69. The zero-order valence-corrected chi connectivity index (χ0v) is 12.8. The lowest BCUT2D eigenvalue weighted by molar-refractivity contribution is 0.593. The topological polar surface area (TPSA) is 78.0 Å². The van der Waals surface area contributed by atoms with Crippen LogP contribution in [0.2, 0.25) is 0 Å².